The molecule has 7 heteroatoms. The molecule has 2 amide bonds. The number of amides is 2. The summed E-state index contributed by atoms with van der Waals surface area (Å²) >= 11 is 0. The summed E-state index contributed by atoms with van der Waals surface area (Å²) in [5.41, 5.74) is 1.33. The highest BCUT2D eigenvalue weighted by Gasteiger charge is 2.28. The Bertz CT molecular complexity index is 574. The van der Waals surface area contributed by atoms with Crippen molar-refractivity contribution in [1.82, 2.24) is 15.1 Å². The fraction of sp³-hybridized carbons (Fsp3) is 0.688. The standard InChI is InChI=1S/C16H26N4O3/c1-5-6-7-13(21)17-14-11-8-9-20(10-12(11)18-19-14)15(22)23-16(2,3)4/h5-10H2,1-4H3,(H2,17,18,19,21). The lowest BCUT2D eigenvalue weighted by molar-refractivity contribution is -0.116. The van der Waals surface area contributed by atoms with Crippen LogP contribution in [0.15, 0.2) is 0 Å². The van der Waals surface area contributed by atoms with Gasteiger partial charge >= 0.3 is 6.09 Å². The summed E-state index contributed by atoms with van der Waals surface area (Å²) in [5.74, 6) is 0.570. The van der Waals surface area contributed by atoms with Crippen LogP contribution in [0.1, 0.15) is 58.2 Å². The maximum absolute atomic E-state index is 12.1. The molecular formula is C16H26N4O3. The molecule has 2 heterocycles. The number of carbonyl (C=O) groups excluding carboxylic acids is 2. The lowest BCUT2D eigenvalue weighted by Crippen LogP contribution is -2.39. The van der Waals surface area contributed by atoms with E-state index in [9.17, 15) is 9.59 Å². The summed E-state index contributed by atoms with van der Waals surface area (Å²) in [6, 6.07) is 0. The zero-order valence-corrected chi connectivity index (χ0v) is 14.4. The number of nitrogens with zero attached hydrogens (tertiary/aromatic N) is 2. The van der Waals surface area contributed by atoms with E-state index in [2.05, 4.69) is 22.4 Å². The van der Waals surface area contributed by atoms with Gasteiger partial charge < -0.3 is 15.0 Å². The van der Waals surface area contributed by atoms with Crippen LogP contribution in [0.5, 0.6) is 0 Å². The van der Waals surface area contributed by atoms with E-state index in [0.717, 1.165) is 24.1 Å². The van der Waals surface area contributed by atoms with Crippen LogP contribution in [0.4, 0.5) is 10.6 Å². The van der Waals surface area contributed by atoms with Crippen LogP contribution < -0.4 is 5.32 Å². The van der Waals surface area contributed by atoms with Gasteiger partial charge in [-0.05, 0) is 33.6 Å². The van der Waals surface area contributed by atoms with E-state index >= 15 is 0 Å². The number of unbranched alkanes of at least 4 members (excludes halogenated alkanes) is 1. The van der Waals surface area contributed by atoms with E-state index in [-0.39, 0.29) is 12.0 Å². The number of fused-ring (bicyclic) bond motifs is 1. The zero-order valence-electron chi connectivity index (χ0n) is 14.4. The minimum Gasteiger partial charge on any atom is -0.444 e. The molecule has 0 fully saturated rings. The number of hydrogen-bond donors (Lipinski definition) is 2. The van der Waals surface area contributed by atoms with E-state index in [1.165, 1.54) is 0 Å². The first kappa shape index (κ1) is 17.3. The topological polar surface area (TPSA) is 87.3 Å². The molecule has 128 valence electrons. The van der Waals surface area contributed by atoms with Crippen LogP contribution >= 0.6 is 0 Å². The predicted molar refractivity (Wildman–Crippen MR) is 87.1 cm³/mol. The summed E-state index contributed by atoms with van der Waals surface area (Å²) in [4.78, 5) is 25.6. The number of hydrogen-bond acceptors (Lipinski definition) is 4. The van der Waals surface area contributed by atoms with Gasteiger partial charge in [0, 0.05) is 18.5 Å². The number of anilines is 1. The Hall–Kier alpha value is -2.05. The van der Waals surface area contributed by atoms with Crippen molar-refractivity contribution in [3.63, 3.8) is 0 Å². The highest BCUT2D eigenvalue weighted by molar-refractivity contribution is 5.90. The summed E-state index contributed by atoms with van der Waals surface area (Å²) < 4.78 is 5.39. The number of rotatable bonds is 4. The van der Waals surface area contributed by atoms with Gasteiger partial charge in [0.05, 0.1) is 12.2 Å². The van der Waals surface area contributed by atoms with Gasteiger partial charge in [0.15, 0.2) is 5.82 Å². The Labute approximate surface area is 136 Å². The molecule has 2 N–H and O–H groups in total. The third-order valence-corrected chi connectivity index (χ3v) is 3.60. The molecule has 0 atom stereocenters. The van der Waals surface area contributed by atoms with Gasteiger partial charge in [-0.3, -0.25) is 9.89 Å². The van der Waals surface area contributed by atoms with Crippen molar-refractivity contribution in [2.45, 2.75) is 65.5 Å². The minimum absolute atomic E-state index is 0.0179. The molecule has 1 aromatic rings. The fourth-order valence-electron chi connectivity index (χ4n) is 2.44. The molecule has 0 aromatic carbocycles. The van der Waals surface area contributed by atoms with E-state index < -0.39 is 5.60 Å². The number of aromatic amines is 1. The lowest BCUT2D eigenvalue weighted by atomic mass is 10.1. The normalized spacial score (nSPS) is 14.3. The lowest BCUT2D eigenvalue weighted by Gasteiger charge is -2.29. The molecular weight excluding hydrogens is 296 g/mol. The van der Waals surface area contributed by atoms with Gasteiger partial charge in [0.2, 0.25) is 5.91 Å². The summed E-state index contributed by atoms with van der Waals surface area (Å²) in [6.07, 6.45) is 2.67. The Balaban J connectivity index is 1.98. The molecule has 1 aromatic heterocycles. The molecule has 1 aliphatic rings. The highest BCUT2D eigenvalue weighted by atomic mass is 16.6. The Kier molecular flexibility index (Phi) is 5.28. The first-order chi connectivity index (χ1) is 10.8. The van der Waals surface area contributed by atoms with Crippen LogP contribution in [-0.2, 0) is 22.5 Å². The van der Waals surface area contributed by atoms with Gasteiger partial charge in [-0.2, -0.15) is 5.10 Å². The van der Waals surface area contributed by atoms with Crippen molar-refractivity contribution in [1.29, 1.82) is 0 Å². The fourth-order valence-corrected chi connectivity index (χ4v) is 2.44. The second-order valence-corrected chi connectivity index (χ2v) is 6.83. The average Bonchev–Trinajstić information content (AvgIpc) is 2.85. The number of ether oxygens (including phenoxy) is 1. The summed E-state index contributed by atoms with van der Waals surface area (Å²) in [6.45, 7) is 8.57. The van der Waals surface area contributed by atoms with Crippen LogP contribution in [0.25, 0.3) is 0 Å². The van der Waals surface area contributed by atoms with Crippen LogP contribution in [-0.4, -0.2) is 39.2 Å². The largest absolute Gasteiger partial charge is 0.444 e. The number of nitrogens with one attached hydrogen (secondary N) is 2. The van der Waals surface area contributed by atoms with Gasteiger partial charge in [-0.15, -0.1) is 0 Å². The number of aromatic nitrogens is 2. The van der Waals surface area contributed by atoms with E-state index in [0.29, 0.717) is 31.7 Å². The van der Waals surface area contributed by atoms with Gasteiger partial charge in [-0.1, -0.05) is 13.3 Å². The van der Waals surface area contributed by atoms with Crippen molar-refractivity contribution in [3.8, 4) is 0 Å². The second kappa shape index (κ2) is 7.02. The van der Waals surface area contributed by atoms with E-state index in [1.807, 2.05) is 20.8 Å². The molecule has 1 aliphatic heterocycles. The first-order valence-electron chi connectivity index (χ1n) is 8.14. The summed E-state index contributed by atoms with van der Waals surface area (Å²) in [7, 11) is 0. The van der Waals surface area contributed by atoms with Crippen molar-refractivity contribution < 1.29 is 14.3 Å². The molecule has 2 rings (SSSR count). The molecule has 0 unspecified atom stereocenters. The SMILES string of the molecule is CCCCC(=O)Nc1n[nH]c2c1CCN(C(=O)OC(C)(C)C)C2. The Morgan fingerprint density at radius 1 is 1.39 bits per heavy atom. The molecule has 0 saturated carbocycles. The number of H-pyrrole nitrogens is 1. The van der Waals surface area contributed by atoms with Crippen molar-refractivity contribution >= 4 is 17.8 Å². The third-order valence-electron chi connectivity index (χ3n) is 3.60. The molecule has 23 heavy (non-hydrogen) atoms. The van der Waals surface area contributed by atoms with Gasteiger partial charge in [-0.25, -0.2) is 4.79 Å². The van der Waals surface area contributed by atoms with Crippen LogP contribution in [0.2, 0.25) is 0 Å². The first-order valence-corrected chi connectivity index (χ1v) is 8.14. The monoisotopic (exact) mass is 322 g/mol. The molecule has 0 saturated heterocycles. The van der Waals surface area contributed by atoms with Gasteiger partial charge in [0.25, 0.3) is 0 Å². The smallest absolute Gasteiger partial charge is 0.410 e. The minimum atomic E-state index is -0.510. The van der Waals surface area contributed by atoms with E-state index in [4.69, 9.17) is 4.74 Å². The zero-order chi connectivity index (χ0) is 17.0. The van der Waals surface area contributed by atoms with Crippen molar-refractivity contribution in [2.75, 3.05) is 11.9 Å². The maximum atomic E-state index is 12.1. The van der Waals surface area contributed by atoms with Crippen molar-refractivity contribution in [3.05, 3.63) is 11.3 Å². The molecule has 7 nitrogen and oxygen atoms in total. The maximum Gasteiger partial charge on any atom is 0.410 e. The van der Waals surface area contributed by atoms with Gasteiger partial charge in [0.1, 0.15) is 5.60 Å². The van der Waals surface area contributed by atoms with Crippen LogP contribution in [0, 0.1) is 0 Å². The highest BCUT2D eigenvalue weighted by Crippen LogP contribution is 2.25. The average molecular weight is 322 g/mol. The van der Waals surface area contributed by atoms with E-state index in [1.54, 1.807) is 4.90 Å². The number of carbonyl (C=O) groups is 2. The Morgan fingerprint density at radius 2 is 2.13 bits per heavy atom. The molecule has 0 spiro atoms. The molecule has 0 aliphatic carbocycles. The quantitative estimate of drug-likeness (QED) is 0.892. The predicted octanol–water partition coefficient (Wildman–Crippen LogP) is 2.83. The summed E-state index contributed by atoms with van der Waals surface area (Å²) in [5, 5.41) is 9.95. The van der Waals surface area contributed by atoms with Crippen LogP contribution in [0.3, 0.4) is 0 Å². The molecule has 0 bridgehead atoms. The second-order valence-electron chi connectivity index (χ2n) is 6.83. The Morgan fingerprint density at radius 3 is 2.78 bits per heavy atom. The molecule has 0 radical (unpaired) electrons. The third kappa shape index (κ3) is 4.71. The van der Waals surface area contributed by atoms with Crippen molar-refractivity contribution in [2.24, 2.45) is 0 Å².